The molecule has 0 aliphatic carbocycles. The molecule has 2 saturated heterocycles. The van der Waals surface area contributed by atoms with Gasteiger partial charge in [-0.2, -0.15) is 0 Å². The Morgan fingerprint density at radius 3 is 1.72 bits per heavy atom. The zero-order valence-electron chi connectivity index (χ0n) is 12.3. The zero-order valence-corrected chi connectivity index (χ0v) is 12.3. The summed E-state index contributed by atoms with van der Waals surface area (Å²) in [7, 11) is 0. The van der Waals surface area contributed by atoms with Gasteiger partial charge in [0, 0.05) is 0 Å². The second-order valence-corrected chi connectivity index (χ2v) is 5.56. The minimum atomic E-state index is -2.14. The third-order valence-corrected chi connectivity index (χ3v) is 3.89. The highest BCUT2D eigenvalue weighted by atomic mass is 16.7. The van der Waals surface area contributed by atoms with Crippen molar-refractivity contribution in [3.05, 3.63) is 0 Å². The van der Waals surface area contributed by atoms with E-state index in [1.807, 2.05) is 0 Å². The lowest BCUT2D eigenvalue weighted by atomic mass is 9.97. The fraction of sp³-hybridized carbons (Fsp3) is 0.833. The summed E-state index contributed by atoms with van der Waals surface area (Å²) in [5, 5.41) is 79.7. The fourth-order valence-corrected chi connectivity index (χ4v) is 2.50. The average Bonchev–Trinajstić information content (AvgIpc) is 2.53. The van der Waals surface area contributed by atoms with Gasteiger partial charge in [0.1, 0.15) is 48.8 Å². The molecule has 0 aromatic heterocycles. The smallest absolute Gasteiger partial charge is 0.187 e. The highest BCUT2D eigenvalue weighted by Crippen LogP contribution is 2.28. The minimum Gasteiger partial charge on any atom is -0.547 e. The van der Waals surface area contributed by atoms with Crippen LogP contribution in [0.1, 0.15) is 0 Å². The zero-order chi connectivity index (χ0) is 19.0. The van der Waals surface area contributed by atoms with Crippen molar-refractivity contribution in [1.29, 1.82) is 0 Å². The number of carboxylic acid groups (broad SMARTS) is 2. The molecule has 144 valence electrons. The molecule has 0 aromatic carbocycles. The summed E-state index contributed by atoms with van der Waals surface area (Å²) in [6.07, 6.45) is -20.5. The van der Waals surface area contributed by atoms with Crippen LogP contribution >= 0.6 is 0 Å². The van der Waals surface area contributed by atoms with Gasteiger partial charge in [-0.05, 0) is 0 Å². The second kappa shape index (κ2) is 7.45. The van der Waals surface area contributed by atoms with Crippen molar-refractivity contribution in [1.82, 2.24) is 0 Å². The monoisotopic (exact) mass is 368 g/mol. The number of rotatable bonds is 4. The van der Waals surface area contributed by atoms with Crippen LogP contribution in [0.2, 0.25) is 0 Å². The summed E-state index contributed by atoms with van der Waals surface area (Å²) in [6.45, 7) is 0. The number of aliphatic hydroxyl groups excluding tert-OH is 6. The van der Waals surface area contributed by atoms with Gasteiger partial charge in [-0.15, -0.1) is 0 Å². The van der Waals surface area contributed by atoms with E-state index < -0.39 is 73.4 Å². The van der Waals surface area contributed by atoms with Gasteiger partial charge in [0.05, 0.1) is 11.9 Å². The van der Waals surface area contributed by atoms with Crippen molar-refractivity contribution in [3.8, 4) is 0 Å². The van der Waals surface area contributed by atoms with Crippen LogP contribution in [0.4, 0.5) is 0 Å². The topological polar surface area (TPSA) is 229 Å². The van der Waals surface area contributed by atoms with Crippen LogP contribution in [0.5, 0.6) is 0 Å². The molecule has 25 heavy (non-hydrogen) atoms. The average molecular weight is 368 g/mol. The lowest BCUT2D eigenvalue weighted by Gasteiger charge is -2.45. The van der Waals surface area contributed by atoms with Crippen molar-refractivity contribution >= 4 is 11.9 Å². The molecule has 13 heteroatoms. The number of hydrogen-bond donors (Lipinski definition) is 6. The van der Waals surface area contributed by atoms with Gasteiger partial charge in [-0.25, -0.2) is 0 Å². The first-order chi connectivity index (χ1) is 11.6. The third-order valence-electron chi connectivity index (χ3n) is 3.89. The molecule has 0 amide bonds. The first-order valence-corrected chi connectivity index (χ1v) is 7.02. The van der Waals surface area contributed by atoms with E-state index in [0.29, 0.717) is 0 Å². The summed E-state index contributed by atoms with van der Waals surface area (Å²) in [5.41, 5.74) is 0. The Kier molecular flexibility index (Phi) is 5.93. The van der Waals surface area contributed by atoms with E-state index in [0.717, 1.165) is 0 Å². The lowest BCUT2D eigenvalue weighted by molar-refractivity contribution is -0.380. The van der Waals surface area contributed by atoms with E-state index >= 15 is 0 Å². The standard InChI is InChI=1S/C12H18O13/c13-1-2(14)7(10(20)21)24-12(5(1)17)25-8-4(16)3(15)6(9(18)19)23-11(8)22/h1-8,11-17,22H,(H,18,19)(H,20,21)/p-2/t1-,2-,3-,4-,5+,6-,7-,8+,11+,12-/m0/s1. The quantitative estimate of drug-likeness (QED) is 0.271. The molecule has 13 nitrogen and oxygen atoms in total. The lowest BCUT2D eigenvalue weighted by Crippen LogP contribution is -2.66. The van der Waals surface area contributed by atoms with Gasteiger partial charge in [-0.3, -0.25) is 0 Å². The largest absolute Gasteiger partial charge is 0.547 e. The van der Waals surface area contributed by atoms with E-state index in [1.54, 1.807) is 0 Å². The summed E-state index contributed by atoms with van der Waals surface area (Å²) in [5.74, 6) is -3.86. The van der Waals surface area contributed by atoms with Crippen LogP contribution in [0, 0.1) is 0 Å². The molecule has 0 spiro atoms. The highest BCUT2D eigenvalue weighted by molar-refractivity contribution is 5.71. The van der Waals surface area contributed by atoms with E-state index in [-0.39, 0.29) is 0 Å². The highest BCUT2D eigenvalue weighted by Gasteiger charge is 2.50. The Morgan fingerprint density at radius 1 is 0.720 bits per heavy atom. The number of carbonyl (C=O) groups excluding carboxylic acids is 2. The molecule has 10 atom stereocenters. The van der Waals surface area contributed by atoms with Crippen LogP contribution in [0.25, 0.3) is 0 Å². The van der Waals surface area contributed by atoms with Crippen molar-refractivity contribution in [2.45, 2.75) is 61.4 Å². The molecular formula is C12H16O13-2. The molecular weight excluding hydrogens is 352 g/mol. The second-order valence-electron chi connectivity index (χ2n) is 5.56. The summed E-state index contributed by atoms with van der Waals surface area (Å²) < 4.78 is 14.2. The van der Waals surface area contributed by atoms with E-state index in [9.17, 15) is 50.4 Å². The van der Waals surface area contributed by atoms with Crippen molar-refractivity contribution in [3.63, 3.8) is 0 Å². The Labute approximate surface area is 139 Å². The predicted octanol–water partition coefficient (Wildman–Crippen LogP) is -7.88. The van der Waals surface area contributed by atoms with Crippen LogP contribution in [0.3, 0.4) is 0 Å². The Balaban J connectivity index is 2.14. The molecule has 0 saturated carbocycles. The van der Waals surface area contributed by atoms with Gasteiger partial charge in [0.2, 0.25) is 0 Å². The first kappa shape index (κ1) is 19.9. The van der Waals surface area contributed by atoms with E-state index in [4.69, 9.17) is 9.47 Å². The van der Waals surface area contributed by atoms with Gasteiger partial charge in [0.25, 0.3) is 0 Å². The van der Waals surface area contributed by atoms with Crippen LogP contribution < -0.4 is 10.2 Å². The molecule has 2 heterocycles. The predicted molar refractivity (Wildman–Crippen MR) is 64.5 cm³/mol. The van der Waals surface area contributed by atoms with Crippen molar-refractivity contribution < 1.29 is 64.7 Å². The van der Waals surface area contributed by atoms with Gasteiger partial charge in [-0.1, -0.05) is 0 Å². The maximum Gasteiger partial charge on any atom is 0.187 e. The third kappa shape index (κ3) is 3.74. The number of carbonyl (C=O) groups is 2. The molecule has 0 radical (unpaired) electrons. The van der Waals surface area contributed by atoms with Gasteiger partial charge < -0.3 is 64.7 Å². The molecule has 0 bridgehead atoms. The molecule has 2 fully saturated rings. The SMILES string of the molecule is O=C([O-])[C@H]1O[C@@H](O[C@@H]2[C@@H](O)[C@H](O)[C@@H](C(=O)[O-])O[C@H]2O)[C@H](O)[C@@H](O)[C@@H]1O. The maximum absolute atomic E-state index is 10.9. The number of aliphatic carboxylic acids is 2. The molecule has 0 aromatic rings. The normalized spacial score (nSPS) is 48.1. The number of carboxylic acids is 2. The molecule has 6 N–H and O–H groups in total. The molecule has 0 unspecified atom stereocenters. The summed E-state index contributed by atoms with van der Waals surface area (Å²) in [4.78, 5) is 21.6. The summed E-state index contributed by atoms with van der Waals surface area (Å²) >= 11 is 0. The Bertz CT molecular complexity index is 511. The molecule has 2 rings (SSSR count). The number of aliphatic hydroxyl groups is 6. The van der Waals surface area contributed by atoms with Crippen LogP contribution in [-0.4, -0.2) is 104 Å². The first-order valence-electron chi connectivity index (χ1n) is 7.02. The number of ether oxygens (including phenoxy) is 3. The number of hydrogen-bond acceptors (Lipinski definition) is 13. The van der Waals surface area contributed by atoms with Crippen LogP contribution in [-0.2, 0) is 23.8 Å². The maximum atomic E-state index is 10.9. The van der Waals surface area contributed by atoms with E-state index in [2.05, 4.69) is 4.74 Å². The Morgan fingerprint density at radius 2 is 1.20 bits per heavy atom. The minimum absolute atomic E-state index is 1.89. The molecule has 2 aliphatic heterocycles. The van der Waals surface area contributed by atoms with Crippen molar-refractivity contribution in [2.24, 2.45) is 0 Å². The molecule has 2 aliphatic rings. The summed E-state index contributed by atoms with van der Waals surface area (Å²) in [6, 6.07) is 0. The Hall–Kier alpha value is -1.42. The van der Waals surface area contributed by atoms with Crippen molar-refractivity contribution in [2.75, 3.05) is 0 Å². The van der Waals surface area contributed by atoms with E-state index in [1.165, 1.54) is 0 Å². The fourth-order valence-electron chi connectivity index (χ4n) is 2.50. The van der Waals surface area contributed by atoms with Gasteiger partial charge >= 0.3 is 0 Å². The van der Waals surface area contributed by atoms with Gasteiger partial charge in [0.15, 0.2) is 12.6 Å². The van der Waals surface area contributed by atoms with Crippen LogP contribution in [0.15, 0.2) is 0 Å².